The highest BCUT2D eigenvalue weighted by molar-refractivity contribution is 6.35. The van der Waals surface area contributed by atoms with Gasteiger partial charge < -0.3 is 5.43 Å². The van der Waals surface area contributed by atoms with Crippen LogP contribution in [0.15, 0.2) is 47.3 Å². The number of nitrogens with one attached hydrogen (secondary N) is 2. The molecular formula is C20H13Cl2N5O. The number of hydrogen-bond donors (Lipinski definition) is 2. The Kier molecular flexibility index (Phi) is 4.55. The molecule has 4 aromatic rings. The first kappa shape index (κ1) is 18.1. The normalized spacial score (nSPS) is 11.7. The third-order valence-corrected chi connectivity index (χ3v) is 5.03. The average molecular weight is 410 g/mol. The molecule has 0 saturated carbocycles. The molecule has 0 unspecified atom stereocenters. The van der Waals surface area contributed by atoms with Gasteiger partial charge in [-0.2, -0.15) is 5.26 Å². The molecule has 8 heteroatoms. The number of pyridine rings is 1. The van der Waals surface area contributed by atoms with Gasteiger partial charge in [-0.1, -0.05) is 35.3 Å². The fourth-order valence-electron chi connectivity index (χ4n) is 3.07. The zero-order valence-corrected chi connectivity index (χ0v) is 16.1. The number of hydrogen-bond acceptors (Lipinski definition) is 5. The standard InChI is InChI=1S/C20H13Cl2N5O/c1-11-13(9-23)19-25-16-4-2-3-5-18(16)27(19)20(28)14(11)10-24-26-17-8-12(21)6-7-15(17)22/h2-8,10,24,26H,1H3/b14-10-. The Labute approximate surface area is 169 Å². The lowest BCUT2D eigenvalue weighted by molar-refractivity contribution is 1.06. The summed E-state index contributed by atoms with van der Waals surface area (Å²) in [5, 5.41) is 11.0. The third-order valence-electron chi connectivity index (χ3n) is 4.46. The van der Waals surface area contributed by atoms with E-state index in [1.807, 2.05) is 18.2 Å². The molecule has 2 aromatic carbocycles. The minimum atomic E-state index is -0.272. The number of rotatable bonds is 3. The highest BCUT2D eigenvalue weighted by Crippen LogP contribution is 2.24. The molecule has 138 valence electrons. The molecule has 28 heavy (non-hydrogen) atoms. The molecule has 0 fully saturated rings. The van der Waals surface area contributed by atoms with Crippen molar-refractivity contribution in [1.29, 1.82) is 5.26 Å². The van der Waals surface area contributed by atoms with Gasteiger partial charge in [0.25, 0.3) is 5.56 Å². The van der Waals surface area contributed by atoms with E-state index >= 15 is 0 Å². The van der Waals surface area contributed by atoms with Gasteiger partial charge in [0.15, 0.2) is 5.65 Å². The van der Waals surface area contributed by atoms with Crippen LogP contribution in [0.25, 0.3) is 22.9 Å². The fraction of sp³-hybridized carbons (Fsp3) is 0.0500. The van der Waals surface area contributed by atoms with Crippen LogP contribution < -0.4 is 21.6 Å². The summed E-state index contributed by atoms with van der Waals surface area (Å²) >= 11 is 12.1. The Balaban J connectivity index is 1.88. The van der Waals surface area contributed by atoms with Crippen molar-refractivity contribution in [1.82, 2.24) is 14.8 Å². The topological polar surface area (TPSA) is 82.2 Å². The van der Waals surface area contributed by atoms with Crippen LogP contribution in [-0.2, 0) is 0 Å². The molecule has 0 spiro atoms. The minimum absolute atomic E-state index is 0.272. The average Bonchev–Trinajstić information content (AvgIpc) is 3.06. The quantitative estimate of drug-likeness (QED) is 0.506. The Morgan fingerprint density at radius 1 is 1.21 bits per heavy atom. The van der Waals surface area contributed by atoms with E-state index in [1.54, 1.807) is 31.2 Å². The molecule has 2 heterocycles. The molecule has 0 amide bonds. The minimum Gasteiger partial charge on any atom is -0.307 e. The van der Waals surface area contributed by atoms with Crippen molar-refractivity contribution in [2.24, 2.45) is 0 Å². The zero-order chi connectivity index (χ0) is 19.8. The summed E-state index contributed by atoms with van der Waals surface area (Å²) in [6.07, 6.45) is 1.50. The second-order valence-corrected chi connectivity index (χ2v) is 6.97. The molecule has 4 rings (SSSR count). The molecule has 2 N–H and O–H groups in total. The zero-order valence-electron chi connectivity index (χ0n) is 14.6. The van der Waals surface area contributed by atoms with Crippen molar-refractivity contribution >= 4 is 51.8 Å². The predicted molar refractivity (Wildman–Crippen MR) is 111 cm³/mol. The van der Waals surface area contributed by atoms with Crippen LogP contribution >= 0.6 is 23.2 Å². The van der Waals surface area contributed by atoms with Crippen LogP contribution in [0.2, 0.25) is 10.0 Å². The molecular weight excluding hydrogens is 397 g/mol. The monoisotopic (exact) mass is 409 g/mol. The highest BCUT2D eigenvalue weighted by atomic mass is 35.5. The maximum Gasteiger partial charge on any atom is 0.265 e. The van der Waals surface area contributed by atoms with Crippen LogP contribution in [0.3, 0.4) is 0 Å². The third kappa shape index (κ3) is 2.91. The van der Waals surface area contributed by atoms with Crippen molar-refractivity contribution in [2.45, 2.75) is 6.92 Å². The van der Waals surface area contributed by atoms with Gasteiger partial charge in [-0.05, 0) is 42.8 Å². The van der Waals surface area contributed by atoms with Crippen molar-refractivity contribution in [3.8, 4) is 6.07 Å². The number of para-hydroxylation sites is 2. The SMILES string of the molecule is Cc1c(C#N)c2nc3ccccc3n2c(=O)/c1=C\NNc1cc(Cl)ccc1Cl. The molecule has 2 aromatic heterocycles. The highest BCUT2D eigenvalue weighted by Gasteiger charge is 2.15. The number of hydrazine groups is 1. The van der Waals surface area contributed by atoms with Gasteiger partial charge in [-0.15, -0.1) is 0 Å². The lowest BCUT2D eigenvalue weighted by atomic mass is 10.1. The number of aromatic nitrogens is 2. The largest absolute Gasteiger partial charge is 0.307 e. The van der Waals surface area contributed by atoms with Gasteiger partial charge in [-0.25, -0.2) is 4.98 Å². The number of anilines is 1. The van der Waals surface area contributed by atoms with E-state index in [-0.39, 0.29) is 5.56 Å². The van der Waals surface area contributed by atoms with Gasteiger partial charge in [0.2, 0.25) is 0 Å². The Bertz CT molecular complexity index is 1390. The van der Waals surface area contributed by atoms with E-state index < -0.39 is 0 Å². The van der Waals surface area contributed by atoms with Crippen molar-refractivity contribution in [3.05, 3.63) is 79.2 Å². The molecule has 6 nitrogen and oxygen atoms in total. The van der Waals surface area contributed by atoms with Crippen LogP contribution in [0.1, 0.15) is 11.1 Å². The lowest BCUT2D eigenvalue weighted by Gasteiger charge is -2.09. The predicted octanol–water partition coefficient (Wildman–Crippen LogP) is 3.41. The van der Waals surface area contributed by atoms with Crippen molar-refractivity contribution in [3.63, 3.8) is 0 Å². The van der Waals surface area contributed by atoms with Crippen molar-refractivity contribution < 1.29 is 0 Å². The number of benzene rings is 2. The molecule has 0 aliphatic rings. The Hall–Kier alpha value is -3.27. The van der Waals surface area contributed by atoms with E-state index in [9.17, 15) is 10.1 Å². The van der Waals surface area contributed by atoms with Crippen LogP contribution in [0.4, 0.5) is 5.69 Å². The van der Waals surface area contributed by atoms with Gasteiger partial charge in [0, 0.05) is 11.2 Å². The van der Waals surface area contributed by atoms with Gasteiger partial charge >= 0.3 is 0 Å². The van der Waals surface area contributed by atoms with E-state index in [1.165, 1.54) is 10.6 Å². The van der Waals surface area contributed by atoms with E-state index in [2.05, 4.69) is 21.9 Å². The summed E-state index contributed by atoms with van der Waals surface area (Å²) in [6, 6.07) is 14.4. The fourth-order valence-corrected chi connectivity index (χ4v) is 3.40. The van der Waals surface area contributed by atoms with Crippen LogP contribution in [0, 0.1) is 18.3 Å². The summed E-state index contributed by atoms with van der Waals surface area (Å²) in [7, 11) is 0. The maximum atomic E-state index is 13.1. The lowest BCUT2D eigenvalue weighted by Crippen LogP contribution is -2.36. The Morgan fingerprint density at radius 3 is 2.79 bits per heavy atom. The first-order valence-electron chi connectivity index (χ1n) is 8.32. The first-order chi connectivity index (χ1) is 13.5. The molecule has 0 saturated heterocycles. The van der Waals surface area contributed by atoms with Gasteiger partial charge in [0.05, 0.1) is 32.5 Å². The summed E-state index contributed by atoms with van der Waals surface area (Å²) in [5.74, 6) is 0. The second-order valence-electron chi connectivity index (χ2n) is 6.13. The van der Waals surface area contributed by atoms with Crippen LogP contribution in [-0.4, -0.2) is 9.38 Å². The number of nitrogens with zero attached hydrogens (tertiary/aromatic N) is 3. The maximum absolute atomic E-state index is 13.1. The summed E-state index contributed by atoms with van der Waals surface area (Å²) in [5.41, 5.74) is 8.62. The number of nitriles is 1. The number of imidazole rings is 1. The number of fused-ring (bicyclic) bond motifs is 3. The number of halogens is 2. The Morgan fingerprint density at radius 2 is 2.00 bits per heavy atom. The molecule has 0 bridgehead atoms. The molecule has 0 aliphatic heterocycles. The van der Waals surface area contributed by atoms with E-state index in [0.29, 0.717) is 48.8 Å². The summed E-state index contributed by atoms with van der Waals surface area (Å²) < 4.78 is 1.46. The summed E-state index contributed by atoms with van der Waals surface area (Å²) in [6.45, 7) is 1.72. The molecule has 0 aliphatic carbocycles. The van der Waals surface area contributed by atoms with E-state index in [4.69, 9.17) is 23.2 Å². The van der Waals surface area contributed by atoms with Crippen molar-refractivity contribution in [2.75, 3.05) is 5.43 Å². The second kappa shape index (κ2) is 7.04. The van der Waals surface area contributed by atoms with Crippen LogP contribution in [0.5, 0.6) is 0 Å². The van der Waals surface area contributed by atoms with E-state index in [0.717, 1.165) is 0 Å². The smallest absolute Gasteiger partial charge is 0.265 e. The molecule has 0 atom stereocenters. The first-order valence-corrected chi connectivity index (χ1v) is 9.07. The van der Waals surface area contributed by atoms with Gasteiger partial charge in [-0.3, -0.25) is 14.6 Å². The molecule has 0 radical (unpaired) electrons. The van der Waals surface area contributed by atoms with Gasteiger partial charge in [0.1, 0.15) is 6.07 Å². The summed E-state index contributed by atoms with van der Waals surface area (Å²) in [4.78, 5) is 17.6.